The number of carbonyl (C=O) groups is 1. The lowest BCUT2D eigenvalue weighted by atomic mass is 10.2. The minimum atomic E-state index is -0.180. The third-order valence-electron chi connectivity index (χ3n) is 4.44. The molecule has 1 aliphatic rings. The predicted molar refractivity (Wildman–Crippen MR) is 97.4 cm³/mol. The number of carbonyl (C=O) groups excluding carboxylic acids is 1. The number of benzene rings is 1. The Morgan fingerprint density at radius 1 is 1.24 bits per heavy atom. The number of urea groups is 1. The van der Waals surface area contributed by atoms with Crippen LogP contribution >= 0.6 is 0 Å². The number of hydrogen-bond acceptors (Lipinski definition) is 3. The summed E-state index contributed by atoms with van der Waals surface area (Å²) in [6.07, 6.45) is 11.7. The zero-order chi connectivity index (χ0) is 17.3. The molecule has 2 aromatic rings. The van der Waals surface area contributed by atoms with Crippen LogP contribution in [0.4, 0.5) is 10.5 Å². The molecule has 6 nitrogen and oxygen atoms in total. The maximum absolute atomic E-state index is 11.9. The molecule has 1 fully saturated rings. The Morgan fingerprint density at radius 2 is 2.04 bits per heavy atom. The molecule has 0 atom stereocenters. The minimum absolute atomic E-state index is 0.180. The van der Waals surface area contributed by atoms with E-state index >= 15 is 0 Å². The van der Waals surface area contributed by atoms with Crippen molar-refractivity contribution in [2.45, 2.75) is 51.4 Å². The highest BCUT2D eigenvalue weighted by Crippen LogP contribution is 2.22. The van der Waals surface area contributed by atoms with Gasteiger partial charge in [-0.25, -0.2) is 9.78 Å². The molecule has 2 N–H and O–H groups in total. The topological polar surface area (TPSA) is 68.2 Å². The van der Waals surface area contributed by atoms with Crippen molar-refractivity contribution in [1.82, 2.24) is 14.9 Å². The van der Waals surface area contributed by atoms with Crippen LogP contribution in [0.2, 0.25) is 0 Å². The van der Waals surface area contributed by atoms with Crippen molar-refractivity contribution < 1.29 is 9.53 Å². The van der Waals surface area contributed by atoms with Gasteiger partial charge in [0.1, 0.15) is 0 Å². The van der Waals surface area contributed by atoms with Gasteiger partial charge in [0.2, 0.25) is 0 Å². The average Bonchev–Trinajstić information content (AvgIpc) is 3.32. The van der Waals surface area contributed by atoms with Gasteiger partial charge in [-0.3, -0.25) is 0 Å². The number of nitrogens with zero attached hydrogens (tertiary/aromatic N) is 2. The van der Waals surface area contributed by atoms with E-state index in [-0.39, 0.29) is 6.03 Å². The molecule has 1 saturated carbocycles. The normalized spacial score (nSPS) is 14.6. The van der Waals surface area contributed by atoms with Crippen molar-refractivity contribution >= 4 is 11.7 Å². The van der Waals surface area contributed by atoms with Crippen LogP contribution in [0.5, 0.6) is 0 Å². The van der Waals surface area contributed by atoms with Gasteiger partial charge in [-0.15, -0.1) is 0 Å². The SMILES string of the molecule is O=C(NCCCn1ccnc1)Nc1ccc(COC2CCCC2)cc1. The number of nitrogens with one attached hydrogen (secondary N) is 2. The van der Waals surface area contributed by atoms with Crippen LogP contribution in [0.25, 0.3) is 0 Å². The Morgan fingerprint density at radius 3 is 2.76 bits per heavy atom. The summed E-state index contributed by atoms with van der Waals surface area (Å²) in [5.41, 5.74) is 1.93. The summed E-state index contributed by atoms with van der Waals surface area (Å²) in [6, 6.07) is 7.66. The lowest BCUT2D eigenvalue weighted by Crippen LogP contribution is -2.30. The summed E-state index contributed by atoms with van der Waals surface area (Å²) < 4.78 is 7.89. The number of aryl methyl sites for hydroxylation is 1. The van der Waals surface area contributed by atoms with E-state index in [1.54, 1.807) is 12.5 Å². The Kier molecular flexibility index (Phi) is 6.45. The lowest BCUT2D eigenvalue weighted by molar-refractivity contribution is 0.0457. The zero-order valence-corrected chi connectivity index (χ0v) is 14.5. The second-order valence-corrected chi connectivity index (χ2v) is 6.45. The largest absolute Gasteiger partial charge is 0.374 e. The Balaban J connectivity index is 1.33. The minimum Gasteiger partial charge on any atom is -0.374 e. The van der Waals surface area contributed by atoms with Gasteiger partial charge in [-0.1, -0.05) is 25.0 Å². The maximum atomic E-state index is 11.9. The molecule has 0 unspecified atom stereocenters. The number of ether oxygens (including phenoxy) is 1. The highest BCUT2D eigenvalue weighted by Gasteiger charge is 2.15. The molecule has 6 heteroatoms. The van der Waals surface area contributed by atoms with Crippen molar-refractivity contribution in [2.75, 3.05) is 11.9 Å². The standard InChI is InChI=1S/C19H26N4O2/c24-19(21-10-3-12-23-13-11-20-15-23)22-17-8-6-16(7-9-17)14-25-18-4-1-2-5-18/h6-9,11,13,15,18H,1-5,10,12,14H2,(H2,21,22,24). The van der Waals surface area contributed by atoms with Crippen LogP contribution in [-0.2, 0) is 17.9 Å². The number of amides is 2. The van der Waals surface area contributed by atoms with Gasteiger partial charge in [0.25, 0.3) is 0 Å². The van der Waals surface area contributed by atoms with Gasteiger partial charge in [0, 0.05) is 31.2 Å². The summed E-state index contributed by atoms with van der Waals surface area (Å²) in [5, 5.41) is 5.71. The summed E-state index contributed by atoms with van der Waals surface area (Å²) in [6.45, 7) is 2.11. The van der Waals surface area contributed by atoms with Gasteiger partial charge in [-0.2, -0.15) is 0 Å². The summed E-state index contributed by atoms with van der Waals surface area (Å²) >= 11 is 0. The number of aromatic nitrogens is 2. The first-order chi connectivity index (χ1) is 12.3. The monoisotopic (exact) mass is 342 g/mol. The van der Waals surface area contributed by atoms with Crippen molar-refractivity contribution in [2.24, 2.45) is 0 Å². The molecule has 0 saturated heterocycles. The third-order valence-corrected chi connectivity index (χ3v) is 4.44. The van der Waals surface area contributed by atoms with Gasteiger partial charge in [-0.05, 0) is 37.0 Å². The predicted octanol–water partition coefficient (Wildman–Crippen LogP) is 3.55. The van der Waals surface area contributed by atoms with Gasteiger partial charge >= 0.3 is 6.03 Å². The second-order valence-electron chi connectivity index (χ2n) is 6.45. The molecule has 2 amide bonds. The van der Waals surface area contributed by atoms with Crippen LogP contribution in [0.1, 0.15) is 37.7 Å². The van der Waals surface area contributed by atoms with E-state index in [9.17, 15) is 4.79 Å². The van der Waals surface area contributed by atoms with E-state index in [1.165, 1.54) is 25.7 Å². The average molecular weight is 342 g/mol. The Labute approximate surface area is 148 Å². The van der Waals surface area contributed by atoms with Crippen molar-refractivity contribution in [3.63, 3.8) is 0 Å². The molecule has 25 heavy (non-hydrogen) atoms. The molecule has 0 aliphatic heterocycles. The Hall–Kier alpha value is -2.34. The van der Waals surface area contributed by atoms with E-state index < -0.39 is 0 Å². The van der Waals surface area contributed by atoms with Crippen LogP contribution in [0, 0.1) is 0 Å². The first kappa shape index (κ1) is 17.5. The molecule has 1 aromatic carbocycles. The van der Waals surface area contributed by atoms with Crippen molar-refractivity contribution in [3.05, 3.63) is 48.5 Å². The summed E-state index contributed by atoms with van der Waals surface area (Å²) in [5.74, 6) is 0. The van der Waals surface area contributed by atoms with E-state index in [0.717, 1.165) is 24.2 Å². The van der Waals surface area contributed by atoms with E-state index in [0.29, 0.717) is 19.3 Å². The molecule has 0 spiro atoms. The fourth-order valence-corrected chi connectivity index (χ4v) is 3.01. The highest BCUT2D eigenvalue weighted by molar-refractivity contribution is 5.89. The van der Waals surface area contributed by atoms with Crippen LogP contribution in [0.15, 0.2) is 43.0 Å². The number of anilines is 1. The molecule has 1 aromatic heterocycles. The molecule has 0 bridgehead atoms. The van der Waals surface area contributed by atoms with Gasteiger partial charge < -0.3 is 19.9 Å². The van der Waals surface area contributed by atoms with Crippen LogP contribution < -0.4 is 10.6 Å². The fraction of sp³-hybridized carbons (Fsp3) is 0.474. The third kappa shape index (κ3) is 5.90. The van der Waals surface area contributed by atoms with Gasteiger partial charge in [0.15, 0.2) is 0 Å². The molecule has 134 valence electrons. The van der Waals surface area contributed by atoms with Crippen molar-refractivity contribution in [3.8, 4) is 0 Å². The summed E-state index contributed by atoms with van der Waals surface area (Å²) in [4.78, 5) is 15.9. The van der Waals surface area contributed by atoms with E-state index in [1.807, 2.05) is 35.0 Å². The number of imidazole rings is 1. The maximum Gasteiger partial charge on any atom is 0.319 e. The van der Waals surface area contributed by atoms with Crippen LogP contribution in [-0.4, -0.2) is 28.2 Å². The molecular weight excluding hydrogens is 316 g/mol. The Bertz CT molecular complexity index is 634. The lowest BCUT2D eigenvalue weighted by Gasteiger charge is -2.12. The smallest absolute Gasteiger partial charge is 0.319 e. The number of hydrogen-bond donors (Lipinski definition) is 2. The zero-order valence-electron chi connectivity index (χ0n) is 14.5. The molecule has 3 rings (SSSR count). The van der Waals surface area contributed by atoms with Crippen LogP contribution in [0.3, 0.4) is 0 Å². The second kappa shape index (κ2) is 9.22. The number of rotatable bonds is 8. The quantitative estimate of drug-likeness (QED) is 0.721. The van der Waals surface area contributed by atoms with Crippen molar-refractivity contribution in [1.29, 1.82) is 0 Å². The molecule has 0 radical (unpaired) electrons. The summed E-state index contributed by atoms with van der Waals surface area (Å²) in [7, 11) is 0. The van der Waals surface area contributed by atoms with E-state index in [4.69, 9.17) is 4.74 Å². The fourth-order valence-electron chi connectivity index (χ4n) is 3.01. The first-order valence-electron chi connectivity index (χ1n) is 9.01. The molecule has 1 heterocycles. The molecular formula is C19H26N4O2. The molecule has 1 aliphatic carbocycles. The first-order valence-corrected chi connectivity index (χ1v) is 9.01. The highest BCUT2D eigenvalue weighted by atomic mass is 16.5. The van der Waals surface area contributed by atoms with Gasteiger partial charge in [0.05, 0.1) is 19.0 Å². The van der Waals surface area contributed by atoms with E-state index in [2.05, 4.69) is 15.6 Å².